The van der Waals surface area contributed by atoms with Gasteiger partial charge in [-0.25, -0.2) is 4.98 Å². The van der Waals surface area contributed by atoms with E-state index in [1.165, 1.54) is 0 Å². The zero-order chi connectivity index (χ0) is 22.6. The van der Waals surface area contributed by atoms with Crippen molar-refractivity contribution in [2.75, 3.05) is 0 Å². The molecule has 4 rings (SSSR count). The zero-order valence-electron chi connectivity index (χ0n) is 16.0. The van der Waals surface area contributed by atoms with Gasteiger partial charge in [-0.1, -0.05) is 61.9 Å². The summed E-state index contributed by atoms with van der Waals surface area (Å²) in [6, 6.07) is 12.5. The molecule has 31 heavy (non-hydrogen) atoms. The Labute approximate surface area is 173 Å². The van der Waals surface area contributed by atoms with Crippen molar-refractivity contribution in [2.24, 2.45) is 0 Å². The van der Waals surface area contributed by atoms with Crippen molar-refractivity contribution in [1.82, 2.24) is 9.97 Å². The van der Waals surface area contributed by atoms with Crippen molar-refractivity contribution in [1.29, 1.82) is 0 Å². The first-order chi connectivity index (χ1) is 14.3. The molecule has 0 amide bonds. The summed E-state index contributed by atoms with van der Waals surface area (Å²) in [6.45, 7) is 0. The lowest BCUT2D eigenvalue weighted by Gasteiger charge is -2.40. The van der Waals surface area contributed by atoms with Gasteiger partial charge in [-0.15, -0.1) is 0 Å². The largest absolute Gasteiger partial charge is 0.310 e. The molecule has 3 aromatic rings. The number of nitrogens with zero attached hydrogens (tertiary/aromatic N) is 1. The third-order valence-corrected chi connectivity index (χ3v) is 6.50. The molecule has 0 radical (unpaired) electrons. The third kappa shape index (κ3) is 4.53. The molecule has 2 aromatic carbocycles. The maximum absolute atomic E-state index is 12.9. The fourth-order valence-electron chi connectivity index (χ4n) is 3.52. The van der Waals surface area contributed by atoms with Crippen LogP contribution in [0.25, 0.3) is 11.4 Å². The van der Waals surface area contributed by atoms with Gasteiger partial charge in [0, 0.05) is 23.5 Å². The lowest BCUT2D eigenvalue weighted by atomic mass is 9.89. The normalized spacial score (nSPS) is 17.5. The van der Waals surface area contributed by atoms with Crippen molar-refractivity contribution in [3.63, 3.8) is 0 Å². The first-order valence-corrected chi connectivity index (χ1v) is 11.3. The Bertz CT molecular complexity index is 1220. The number of nitrogens with one attached hydrogen (secondary N) is 1. The Morgan fingerprint density at radius 2 is 1.58 bits per heavy atom. The number of aromatic amines is 1. The van der Waals surface area contributed by atoms with E-state index < -0.39 is 31.9 Å². The monoisotopic (exact) mass is 456 g/mol. The van der Waals surface area contributed by atoms with E-state index in [1.54, 1.807) is 30.3 Å². The number of aromatic nitrogens is 2. The van der Waals surface area contributed by atoms with E-state index in [0.717, 1.165) is 18.2 Å². The van der Waals surface area contributed by atoms with E-state index >= 15 is 0 Å². The number of hydrogen-bond donors (Lipinski definition) is 1. The lowest BCUT2D eigenvalue weighted by molar-refractivity contribution is 0.0964. The average molecular weight is 456 g/mol. The summed E-state index contributed by atoms with van der Waals surface area (Å²) in [5.41, 5.74) is -0.328. The quantitative estimate of drug-likeness (QED) is 0.345. The topological polar surface area (TPSA) is 62.8 Å². The lowest BCUT2D eigenvalue weighted by Crippen LogP contribution is -2.19. The number of H-pyrrole nitrogens is 1. The van der Waals surface area contributed by atoms with Crippen molar-refractivity contribution < 1.29 is 24.2 Å². The molecule has 1 fully saturated rings. The van der Waals surface area contributed by atoms with E-state index in [1.807, 2.05) is 0 Å². The van der Waals surface area contributed by atoms with Crippen LogP contribution < -0.4 is 5.56 Å². The van der Waals surface area contributed by atoms with Crippen LogP contribution in [0.2, 0.25) is 0 Å². The first kappa shape index (κ1) is 21.2. The minimum Gasteiger partial charge on any atom is -0.306 e. The predicted octanol–water partition coefficient (Wildman–Crippen LogP) is 6.40. The van der Waals surface area contributed by atoms with Gasteiger partial charge in [0.05, 0.1) is 0 Å². The second-order valence-corrected chi connectivity index (χ2v) is 10.1. The Balaban J connectivity index is 1.60. The van der Waals surface area contributed by atoms with Gasteiger partial charge in [-0.05, 0) is 30.5 Å². The fraction of sp³-hybridized carbons (Fsp3) is 0.190. The van der Waals surface area contributed by atoms with Gasteiger partial charge in [0.15, 0.2) is 5.78 Å². The smallest absolute Gasteiger partial charge is 0.306 e. The molecule has 0 aliphatic heterocycles. The second-order valence-electron chi connectivity index (χ2n) is 7.72. The van der Waals surface area contributed by atoms with Gasteiger partial charge in [-0.3, -0.25) is 9.59 Å². The second kappa shape index (κ2) is 6.25. The maximum atomic E-state index is 12.9. The zero-order valence-corrected chi connectivity index (χ0v) is 16.8. The highest BCUT2D eigenvalue weighted by Crippen LogP contribution is 3.02. The third-order valence-electron chi connectivity index (χ3n) is 5.34. The van der Waals surface area contributed by atoms with E-state index in [2.05, 4.69) is 9.97 Å². The van der Waals surface area contributed by atoms with Crippen LogP contribution in [-0.2, 0) is 5.41 Å². The molecule has 4 nitrogen and oxygen atoms in total. The van der Waals surface area contributed by atoms with Gasteiger partial charge in [-0.2, -0.15) is 0 Å². The Kier molecular flexibility index (Phi) is 4.28. The van der Waals surface area contributed by atoms with Crippen LogP contribution >= 0.6 is 10.2 Å². The maximum Gasteiger partial charge on any atom is 0.310 e. The number of hydrogen-bond acceptors (Lipinski definition) is 3. The van der Waals surface area contributed by atoms with E-state index in [4.69, 9.17) is 0 Å². The molecule has 0 spiro atoms. The Hall–Kier alpha value is -3.01. The molecule has 0 unspecified atom stereocenters. The van der Waals surface area contributed by atoms with Crippen LogP contribution in [0.3, 0.4) is 0 Å². The van der Waals surface area contributed by atoms with Crippen molar-refractivity contribution in [3.05, 3.63) is 82.3 Å². The van der Waals surface area contributed by atoms with Gasteiger partial charge >= 0.3 is 10.2 Å². The summed E-state index contributed by atoms with van der Waals surface area (Å²) < 4.78 is 64.7. The summed E-state index contributed by atoms with van der Waals surface area (Å²) >= 11 is 0. The van der Waals surface area contributed by atoms with Gasteiger partial charge in [0.2, 0.25) is 0 Å². The predicted molar refractivity (Wildman–Crippen MR) is 108 cm³/mol. The van der Waals surface area contributed by atoms with Gasteiger partial charge in [0.1, 0.15) is 16.4 Å². The van der Waals surface area contributed by atoms with Crippen LogP contribution in [0.15, 0.2) is 70.4 Å². The number of ketones is 1. The highest BCUT2D eigenvalue weighted by atomic mass is 32.5. The molecule has 1 N–H and O–H groups in total. The van der Waals surface area contributed by atoms with Crippen molar-refractivity contribution in [2.45, 2.75) is 29.6 Å². The number of rotatable bonds is 6. The average Bonchev–Trinajstić information content (AvgIpc) is 3.47. The van der Waals surface area contributed by atoms with E-state index in [9.17, 15) is 29.0 Å². The molecular weight excluding hydrogens is 439 g/mol. The van der Waals surface area contributed by atoms with Gasteiger partial charge < -0.3 is 4.98 Å². The molecule has 1 aromatic heterocycles. The molecule has 1 heterocycles. The van der Waals surface area contributed by atoms with Crippen molar-refractivity contribution >= 4 is 16.0 Å². The summed E-state index contributed by atoms with van der Waals surface area (Å²) in [5, 5.41) is 0. The van der Waals surface area contributed by atoms with E-state index in [-0.39, 0.29) is 17.9 Å². The van der Waals surface area contributed by atoms with Crippen LogP contribution in [0.4, 0.5) is 19.4 Å². The molecule has 0 atom stereocenters. The number of carbonyl (C=O) groups is 1. The van der Waals surface area contributed by atoms with E-state index in [0.29, 0.717) is 36.1 Å². The molecule has 164 valence electrons. The summed E-state index contributed by atoms with van der Waals surface area (Å²) in [5.74, 6) is -0.223. The fourth-order valence-corrected chi connectivity index (χ4v) is 4.17. The number of benzene rings is 2. The SMILES string of the molecule is O=C(CC1(c2ccc(S(F)(F)(F)(F)F)cc2)CC1)c1cc(=O)[nH]c(-c2ccccc2)n1. The van der Waals surface area contributed by atoms with Crippen LogP contribution in [-0.4, -0.2) is 15.8 Å². The molecular formula is C21H17F5N2O2S. The minimum absolute atomic E-state index is 0.0579. The molecule has 0 saturated heterocycles. The highest BCUT2D eigenvalue weighted by Gasteiger charge is 2.65. The molecule has 1 aliphatic carbocycles. The Morgan fingerprint density at radius 1 is 0.968 bits per heavy atom. The van der Waals surface area contributed by atoms with Crippen molar-refractivity contribution in [3.8, 4) is 11.4 Å². The number of carbonyl (C=O) groups excluding carboxylic acids is 1. The summed E-state index contributed by atoms with van der Waals surface area (Å²) in [7, 11) is -9.75. The molecule has 1 aliphatic rings. The molecule has 0 bridgehead atoms. The van der Waals surface area contributed by atoms with Crippen LogP contribution in [0.5, 0.6) is 0 Å². The first-order valence-electron chi connectivity index (χ1n) is 9.30. The minimum atomic E-state index is -9.75. The number of halogens is 5. The van der Waals surface area contributed by atoms with Crippen LogP contribution in [0, 0.1) is 0 Å². The number of Topliss-reactive ketones (excluding diaryl/α,β-unsaturated/α-hetero) is 1. The Morgan fingerprint density at radius 3 is 2.13 bits per heavy atom. The van der Waals surface area contributed by atoms with Crippen LogP contribution in [0.1, 0.15) is 35.3 Å². The van der Waals surface area contributed by atoms with Gasteiger partial charge in [0.25, 0.3) is 5.56 Å². The summed E-state index contributed by atoms with van der Waals surface area (Å²) in [4.78, 5) is 29.7. The highest BCUT2D eigenvalue weighted by molar-refractivity contribution is 8.45. The molecule has 1 saturated carbocycles. The summed E-state index contributed by atoms with van der Waals surface area (Å²) in [6.07, 6.45) is 0.944. The standard InChI is InChI=1S/C21H17F5N2O2S/c22-31(23,24,25,26)16-8-6-15(7-9-16)21(10-11-21)13-18(29)17-12-19(30)28-20(27-17)14-4-2-1-3-5-14/h1-9,12H,10-11,13H2,(H,27,28,30). The molecule has 10 heteroatoms.